The molecule has 0 bridgehead atoms. The van der Waals surface area contributed by atoms with Crippen LogP contribution in [-0.4, -0.2) is 6.04 Å². The molecule has 92 valence electrons. The number of halogens is 2. The second-order valence-electron chi connectivity index (χ2n) is 3.92. The molecule has 0 saturated heterocycles. The Morgan fingerprint density at radius 1 is 1.24 bits per heavy atom. The van der Waals surface area contributed by atoms with Crippen LogP contribution >= 0.6 is 0 Å². The number of hydrogen-bond donors (Lipinski definition) is 1. The first-order valence-corrected chi connectivity index (χ1v) is 5.73. The molecule has 0 aromatic heterocycles. The SMILES string of the molecule is CCC(CC)NCc1c(F)cc(C#N)cc1F. The fourth-order valence-corrected chi connectivity index (χ4v) is 1.66. The Morgan fingerprint density at radius 3 is 2.18 bits per heavy atom. The topological polar surface area (TPSA) is 35.8 Å². The lowest BCUT2D eigenvalue weighted by molar-refractivity contribution is 0.461. The van der Waals surface area contributed by atoms with Gasteiger partial charge in [-0.3, -0.25) is 0 Å². The van der Waals surface area contributed by atoms with Crippen LogP contribution < -0.4 is 5.32 Å². The van der Waals surface area contributed by atoms with Crippen LogP contribution in [0.1, 0.15) is 37.8 Å². The van der Waals surface area contributed by atoms with Gasteiger partial charge in [0.05, 0.1) is 11.6 Å². The van der Waals surface area contributed by atoms with Crippen LogP contribution in [0.5, 0.6) is 0 Å². The Morgan fingerprint density at radius 2 is 1.76 bits per heavy atom. The third-order valence-electron chi connectivity index (χ3n) is 2.82. The standard InChI is InChI=1S/C13H16F2N2/c1-3-10(4-2)17-8-11-12(14)5-9(7-16)6-13(11)15/h5-6,10,17H,3-4,8H2,1-2H3. The second kappa shape index (κ2) is 6.31. The van der Waals surface area contributed by atoms with Gasteiger partial charge in [-0.25, -0.2) is 8.78 Å². The lowest BCUT2D eigenvalue weighted by Crippen LogP contribution is -2.27. The highest BCUT2D eigenvalue weighted by Crippen LogP contribution is 2.15. The smallest absolute Gasteiger partial charge is 0.131 e. The lowest BCUT2D eigenvalue weighted by Gasteiger charge is -2.15. The molecule has 17 heavy (non-hydrogen) atoms. The van der Waals surface area contributed by atoms with Crippen LogP contribution in [-0.2, 0) is 6.54 Å². The maximum atomic E-state index is 13.5. The highest BCUT2D eigenvalue weighted by Gasteiger charge is 2.12. The highest BCUT2D eigenvalue weighted by atomic mass is 19.1. The number of nitrogens with zero attached hydrogens (tertiary/aromatic N) is 1. The molecule has 0 heterocycles. The summed E-state index contributed by atoms with van der Waals surface area (Å²) >= 11 is 0. The van der Waals surface area contributed by atoms with E-state index in [0.717, 1.165) is 25.0 Å². The predicted molar refractivity (Wildman–Crippen MR) is 62.3 cm³/mol. The third-order valence-corrected chi connectivity index (χ3v) is 2.82. The summed E-state index contributed by atoms with van der Waals surface area (Å²) in [5.41, 5.74) is 0.00202. The highest BCUT2D eigenvalue weighted by molar-refractivity contribution is 5.34. The third kappa shape index (κ3) is 3.50. The van der Waals surface area contributed by atoms with Crippen molar-refractivity contribution < 1.29 is 8.78 Å². The van der Waals surface area contributed by atoms with Gasteiger partial charge < -0.3 is 5.32 Å². The fraction of sp³-hybridized carbons (Fsp3) is 0.462. The Labute approximate surface area is 100 Å². The van der Waals surface area contributed by atoms with E-state index < -0.39 is 11.6 Å². The molecule has 0 spiro atoms. The quantitative estimate of drug-likeness (QED) is 0.855. The summed E-state index contributed by atoms with van der Waals surface area (Å²) in [6, 6.07) is 4.10. The van der Waals surface area contributed by atoms with Gasteiger partial charge in [0, 0.05) is 18.2 Å². The molecule has 1 rings (SSSR count). The van der Waals surface area contributed by atoms with Gasteiger partial charge >= 0.3 is 0 Å². The average molecular weight is 238 g/mol. The number of hydrogen-bond acceptors (Lipinski definition) is 2. The van der Waals surface area contributed by atoms with Crippen molar-refractivity contribution in [2.45, 2.75) is 39.3 Å². The number of benzene rings is 1. The van der Waals surface area contributed by atoms with Crippen molar-refractivity contribution in [3.05, 3.63) is 34.9 Å². The molecule has 0 fully saturated rings. The monoisotopic (exact) mass is 238 g/mol. The molecule has 0 saturated carbocycles. The van der Waals surface area contributed by atoms with Gasteiger partial charge in [-0.2, -0.15) is 5.26 Å². The first-order chi connectivity index (χ1) is 8.12. The Kier molecular flexibility index (Phi) is 5.05. The van der Waals surface area contributed by atoms with Crippen molar-refractivity contribution in [1.29, 1.82) is 5.26 Å². The Balaban J connectivity index is 2.82. The molecule has 0 aliphatic rings. The zero-order valence-corrected chi connectivity index (χ0v) is 10.1. The molecule has 0 unspecified atom stereocenters. The molecule has 1 aromatic carbocycles. The fourth-order valence-electron chi connectivity index (χ4n) is 1.66. The van der Waals surface area contributed by atoms with Crippen molar-refractivity contribution >= 4 is 0 Å². The number of nitriles is 1. The minimum atomic E-state index is -0.667. The van der Waals surface area contributed by atoms with E-state index in [1.165, 1.54) is 0 Å². The zero-order valence-electron chi connectivity index (χ0n) is 10.1. The maximum Gasteiger partial charge on any atom is 0.131 e. The molecule has 4 heteroatoms. The van der Waals surface area contributed by atoms with E-state index in [1.54, 1.807) is 6.07 Å². The van der Waals surface area contributed by atoms with Crippen LogP contribution in [0.3, 0.4) is 0 Å². The predicted octanol–water partition coefficient (Wildman–Crippen LogP) is 3.11. The number of nitrogens with one attached hydrogen (secondary N) is 1. The lowest BCUT2D eigenvalue weighted by atomic mass is 10.1. The minimum absolute atomic E-state index is 0.00380. The van der Waals surface area contributed by atoms with E-state index in [4.69, 9.17) is 5.26 Å². The van der Waals surface area contributed by atoms with Crippen molar-refractivity contribution in [3.63, 3.8) is 0 Å². The molecule has 0 amide bonds. The van der Waals surface area contributed by atoms with Crippen LogP contribution in [0.4, 0.5) is 8.78 Å². The molecule has 0 radical (unpaired) electrons. The zero-order chi connectivity index (χ0) is 12.8. The van der Waals surface area contributed by atoms with Crippen molar-refractivity contribution in [2.24, 2.45) is 0 Å². The van der Waals surface area contributed by atoms with E-state index >= 15 is 0 Å². The minimum Gasteiger partial charge on any atom is -0.310 e. The summed E-state index contributed by atoms with van der Waals surface area (Å²) in [6.07, 6.45) is 1.83. The van der Waals surface area contributed by atoms with E-state index in [-0.39, 0.29) is 23.7 Å². The summed E-state index contributed by atoms with van der Waals surface area (Å²) < 4.78 is 27.1. The molecular weight excluding hydrogens is 222 g/mol. The van der Waals surface area contributed by atoms with Crippen molar-refractivity contribution in [3.8, 4) is 6.07 Å². The van der Waals surface area contributed by atoms with Crippen molar-refractivity contribution in [1.82, 2.24) is 5.32 Å². The first kappa shape index (κ1) is 13.6. The van der Waals surface area contributed by atoms with E-state index in [2.05, 4.69) is 5.32 Å². The summed E-state index contributed by atoms with van der Waals surface area (Å²) in [7, 11) is 0. The molecule has 0 aliphatic heterocycles. The summed E-state index contributed by atoms with van der Waals surface area (Å²) in [6.45, 7) is 4.19. The van der Waals surface area contributed by atoms with Crippen LogP contribution in [0.2, 0.25) is 0 Å². The van der Waals surface area contributed by atoms with E-state index in [1.807, 2.05) is 13.8 Å². The van der Waals surface area contributed by atoms with E-state index in [0.29, 0.717) is 0 Å². The molecule has 1 aromatic rings. The summed E-state index contributed by atoms with van der Waals surface area (Å²) in [5, 5.41) is 11.7. The van der Waals surface area contributed by atoms with Gasteiger partial charge in [0.1, 0.15) is 11.6 Å². The number of rotatable bonds is 5. The largest absolute Gasteiger partial charge is 0.310 e. The van der Waals surface area contributed by atoms with Gasteiger partial charge in [-0.15, -0.1) is 0 Å². The van der Waals surface area contributed by atoms with Crippen LogP contribution in [0, 0.1) is 23.0 Å². The van der Waals surface area contributed by atoms with Gasteiger partial charge in [0.15, 0.2) is 0 Å². The second-order valence-corrected chi connectivity index (χ2v) is 3.92. The Bertz CT molecular complexity index is 397. The average Bonchev–Trinajstić information content (AvgIpc) is 2.32. The van der Waals surface area contributed by atoms with E-state index in [9.17, 15) is 8.78 Å². The Hall–Kier alpha value is -1.47. The van der Waals surface area contributed by atoms with Gasteiger partial charge in [0.25, 0.3) is 0 Å². The summed E-state index contributed by atoms with van der Waals surface area (Å²) in [5.74, 6) is -1.33. The molecule has 0 atom stereocenters. The van der Waals surface area contributed by atoms with Gasteiger partial charge in [-0.1, -0.05) is 13.8 Å². The van der Waals surface area contributed by atoms with Gasteiger partial charge in [0.2, 0.25) is 0 Å². The maximum absolute atomic E-state index is 13.5. The summed E-state index contributed by atoms with van der Waals surface area (Å²) in [4.78, 5) is 0. The normalized spacial score (nSPS) is 10.6. The molecular formula is C13H16F2N2. The van der Waals surface area contributed by atoms with Crippen LogP contribution in [0.15, 0.2) is 12.1 Å². The van der Waals surface area contributed by atoms with Crippen molar-refractivity contribution in [2.75, 3.05) is 0 Å². The first-order valence-electron chi connectivity index (χ1n) is 5.73. The molecule has 0 aliphatic carbocycles. The molecule has 2 nitrogen and oxygen atoms in total. The molecule has 1 N–H and O–H groups in total. The van der Waals surface area contributed by atoms with Gasteiger partial charge in [-0.05, 0) is 25.0 Å². The van der Waals surface area contributed by atoms with Crippen LogP contribution in [0.25, 0.3) is 0 Å².